The lowest BCUT2D eigenvalue weighted by Gasteiger charge is -2.35. The fraction of sp³-hybridized carbons (Fsp3) is 0.273. The van der Waals surface area contributed by atoms with Crippen molar-refractivity contribution in [2.24, 2.45) is 0 Å². The summed E-state index contributed by atoms with van der Waals surface area (Å²) >= 11 is 0. The molecule has 1 saturated heterocycles. The average Bonchev–Trinajstić information content (AvgIpc) is 2.75. The van der Waals surface area contributed by atoms with Gasteiger partial charge in [-0.3, -0.25) is 0 Å². The topological polar surface area (TPSA) is 44.3 Å². The van der Waals surface area contributed by atoms with E-state index in [2.05, 4.69) is 20.2 Å². The van der Waals surface area contributed by atoms with Gasteiger partial charge in [-0.25, -0.2) is 9.97 Å². The normalized spacial score (nSPS) is 15.3. The first-order valence-corrected chi connectivity index (χ1v) is 9.70. The van der Waals surface area contributed by atoms with Crippen LogP contribution < -0.4 is 10.2 Å². The van der Waals surface area contributed by atoms with Gasteiger partial charge in [0.1, 0.15) is 0 Å². The van der Waals surface area contributed by atoms with Crippen molar-refractivity contribution in [1.82, 2.24) is 14.9 Å². The molecule has 0 aliphatic carbocycles. The van der Waals surface area contributed by atoms with E-state index in [4.69, 9.17) is 0 Å². The molecule has 0 amide bonds. The predicted molar refractivity (Wildman–Crippen MR) is 112 cm³/mol. The lowest BCUT2D eigenvalue weighted by atomic mass is 10.1. The van der Waals surface area contributed by atoms with E-state index in [0.717, 1.165) is 24.7 Å². The molecule has 4 rings (SSSR count). The third kappa shape index (κ3) is 4.54. The number of anilines is 3. The van der Waals surface area contributed by atoms with Crippen LogP contribution in [0.2, 0.25) is 0 Å². The molecule has 3 aromatic rings. The summed E-state index contributed by atoms with van der Waals surface area (Å²) in [6, 6.07) is 15.6. The van der Waals surface area contributed by atoms with Gasteiger partial charge < -0.3 is 15.1 Å². The number of benzene rings is 2. The van der Waals surface area contributed by atoms with E-state index in [0.29, 0.717) is 24.5 Å². The van der Waals surface area contributed by atoms with Crippen LogP contribution in [-0.4, -0.2) is 48.1 Å². The molecule has 30 heavy (non-hydrogen) atoms. The van der Waals surface area contributed by atoms with Gasteiger partial charge in [-0.05, 0) is 31.3 Å². The SMILES string of the molecule is CN1CCN(c2ccc(Nc3nccc(-c4ccccc4)n3)cc2C(F)(F)F)CC1. The number of aromatic nitrogens is 2. The highest BCUT2D eigenvalue weighted by Gasteiger charge is 2.35. The van der Waals surface area contributed by atoms with E-state index in [1.807, 2.05) is 37.4 Å². The lowest BCUT2D eigenvalue weighted by Crippen LogP contribution is -2.45. The van der Waals surface area contributed by atoms with Crippen LogP contribution in [0.15, 0.2) is 60.8 Å². The Kier molecular flexibility index (Phi) is 5.59. The molecule has 2 aromatic carbocycles. The zero-order valence-corrected chi connectivity index (χ0v) is 16.5. The molecule has 0 atom stereocenters. The van der Waals surface area contributed by atoms with E-state index in [1.165, 1.54) is 6.07 Å². The second kappa shape index (κ2) is 8.31. The van der Waals surface area contributed by atoms with Gasteiger partial charge in [0, 0.05) is 49.3 Å². The molecule has 1 aromatic heterocycles. The lowest BCUT2D eigenvalue weighted by molar-refractivity contribution is -0.137. The molecule has 1 fully saturated rings. The monoisotopic (exact) mass is 413 g/mol. The van der Waals surface area contributed by atoms with Crippen molar-refractivity contribution < 1.29 is 13.2 Å². The van der Waals surface area contributed by atoms with Gasteiger partial charge >= 0.3 is 6.18 Å². The highest BCUT2D eigenvalue weighted by molar-refractivity contribution is 5.66. The second-order valence-corrected chi connectivity index (χ2v) is 7.28. The number of likely N-dealkylation sites (N-methyl/N-ethyl adjacent to an activating group) is 1. The zero-order chi connectivity index (χ0) is 21.1. The summed E-state index contributed by atoms with van der Waals surface area (Å²) in [5.74, 6) is 0.247. The highest BCUT2D eigenvalue weighted by Crippen LogP contribution is 2.39. The summed E-state index contributed by atoms with van der Waals surface area (Å²) in [4.78, 5) is 12.5. The molecule has 2 heterocycles. The number of hydrogen-bond acceptors (Lipinski definition) is 5. The predicted octanol–water partition coefficient (Wildman–Crippen LogP) is 4.66. The Morgan fingerprint density at radius 2 is 1.67 bits per heavy atom. The van der Waals surface area contributed by atoms with Gasteiger partial charge in [-0.15, -0.1) is 0 Å². The quantitative estimate of drug-likeness (QED) is 0.674. The van der Waals surface area contributed by atoms with E-state index < -0.39 is 11.7 Å². The number of nitrogens with zero attached hydrogens (tertiary/aromatic N) is 4. The van der Waals surface area contributed by atoms with E-state index in [-0.39, 0.29) is 11.6 Å². The molecule has 1 aliphatic heterocycles. The molecule has 0 unspecified atom stereocenters. The largest absolute Gasteiger partial charge is 0.418 e. The van der Waals surface area contributed by atoms with Crippen LogP contribution in [0.3, 0.4) is 0 Å². The van der Waals surface area contributed by atoms with E-state index in [1.54, 1.807) is 23.2 Å². The van der Waals surface area contributed by atoms with Crippen molar-refractivity contribution in [3.05, 3.63) is 66.4 Å². The maximum absolute atomic E-state index is 13.8. The summed E-state index contributed by atoms with van der Waals surface area (Å²) < 4.78 is 41.4. The van der Waals surface area contributed by atoms with E-state index >= 15 is 0 Å². The molecule has 8 heteroatoms. The van der Waals surface area contributed by atoms with Crippen molar-refractivity contribution in [3.8, 4) is 11.3 Å². The third-order valence-electron chi connectivity index (χ3n) is 5.13. The maximum atomic E-state index is 13.8. The van der Waals surface area contributed by atoms with Crippen LogP contribution >= 0.6 is 0 Å². The van der Waals surface area contributed by atoms with Gasteiger partial charge in [-0.2, -0.15) is 13.2 Å². The zero-order valence-electron chi connectivity index (χ0n) is 16.5. The van der Waals surface area contributed by atoms with Gasteiger partial charge in [0.05, 0.1) is 11.3 Å². The van der Waals surface area contributed by atoms with Gasteiger partial charge in [0.2, 0.25) is 5.95 Å². The molecule has 1 N–H and O–H groups in total. The Balaban J connectivity index is 1.61. The van der Waals surface area contributed by atoms with Gasteiger partial charge in [0.25, 0.3) is 0 Å². The Morgan fingerprint density at radius 3 is 2.37 bits per heavy atom. The van der Waals surface area contributed by atoms with Gasteiger partial charge in [0.15, 0.2) is 0 Å². The maximum Gasteiger partial charge on any atom is 0.418 e. The van der Waals surface area contributed by atoms with Crippen LogP contribution in [0.5, 0.6) is 0 Å². The Hall–Kier alpha value is -3.13. The molecular formula is C22H22F3N5. The van der Waals surface area contributed by atoms with Crippen molar-refractivity contribution in [2.75, 3.05) is 43.4 Å². The number of rotatable bonds is 4. The van der Waals surface area contributed by atoms with Crippen LogP contribution in [0, 0.1) is 0 Å². The number of halogens is 3. The molecular weight excluding hydrogens is 391 g/mol. The summed E-state index contributed by atoms with van der Waals surface area (Å²) in [6.07, 6.45) is -2.87. The summed E-state index contributed by atoms with van der Waals surface area (Å²) in [6.45, 7) is 2.60. The minimum atomic E-state index is -4.46. The summed E-state index contributed by atoms with van der Waals surface area (Å²) in [5.41, 5.74) is 1.45. The van der Waals surface area contributed by atoms with Crippen molar-refractivity contribution in [3.63, 3.8) is 0 Å². The Bertz CT molecular complexity index is 999. The first kappa shape index (κ1) is 20.2. The van der Waals surface area contributed by atoms with Crippen molar-refractivity contribution in [1.29, 1.82) is 0 Å². The first-order chi connectivity index (χ1) is 14.4. The number of alkyl halides is 3. The Morgan fingerprint density at radius 1 is 0.933 bits per heavy atom. The summed E-state index contributed by atoms with van der Waals surface area (Å²) in [7, 11) is 1.97. The molecule has 0 saturated carbocycles. The minimum Gasteiger partial charge on any atom is -0.368 e. The van der Waals surface area contributed by atoms with Crippen LogP contribution in [-0.2, 0) is 6.18 Å². The highest BCUT2D eigenvalue weighted by atomic mass is 19.4. The van der Waals surface area contributed by atoms with Crippen LogP contribution in [0.4, 0.5) is 30.5 Å². The minimum absolute atomic E-state index is 0.208. The van der Waals surface area contributed by atoms with Crippen LogP contribution in [0.25, 0.3) is 11.3 Å². The van der Waals surface area contributed by atoms with E-state index in [9.17, 15) is 13.2 Å². The summed E-state index contributed by atoms with van der Waals surface area (Å²) in [5, 5.41) is 2.91. The first-order valence-electron chi connectivity index (χ1n) is 9.70. The third-order valence-corrected chi connectivity index (χ3v) is 5.13. The van der Waals surface area contributed by atoms with Crippen molar-refractivity contribution >= 4 is 17.3 Å². The molecule has 0 radical (unpaired) electrons. The fourth-order valence-electron chi connectivity index (χ4n) is 3.48. The number of hydrogen-bond donors (Lipinski definition) is 1. The molecule has 0 bridgehead atoms. The average molecular weight is 413 g/mol. The molecule has 156 valence electrons. The van der Waals surface area contributed by atoms with Crippen molar-refractivity contribution in [2.45, 2.75) is 6.18 Å². The standard InChI is InChI=1S/C22H22F3N5/c1-29-11-13-30(14-12-29)20-8-7-17(15-18(20)22(23,24)25)27-21-26-10-9-19(28-21)16-5-3-2-4-6-16/h2-10,15H,11-14H2,1H3,(H,26,27,28). The molecule has 0 spiro atoms. The van der Waals surface area contributed by atoms with Crippen LogP contribution in [0.1, 0.15) is 5.56 Å². The Labute approximate surface area is 173 Å². The number of nitrogens with one attached hydrogen (secondary N) is 1. The number of piperazine rings is 1. The molecule has 5 nitrogen and oxygen atoms in total. The molecule has 1 aliphatic rings. The smallest absolute Gasteiger partial charge is 0.368 e. The fourth-order valence-corrected chi connectivity index (χ4v) is 3.48. The van der Waals surface area contributed by atoms with Gasteiger partial charge in [-0.1, -0.05) is 30.3 Å². The second-order valence-electron chi connectivity index (χ2n) is 7.28.